The highest BCUT2D eigenvalue weighted by Gasteiger charge is 2.36. The molecule has 1 fully saturated rings. The normalized spacial score (nSPS) is 18.5. The van der Waals surface area contributed by atoms with Gasteiger partial charge >= 0.3 is 0 Å². The molecule has 0 amide bonds. The Morgan fingerprint density at radius 3 is 2.87 bits per heavy atom. The van der Waals surface area contributed by atoms with Crippen LogP contribution in [0.4, 0.5) is 0 Å². The smallest absolute Gasteiger partial charge is 0.266 e. The van der Waals surface area contributed by atoms with Gasteiger partial charge in [-0.3, -0.25) is 9.36 Å². The number of aromatic nitrogens is 2. The fourth-order valence-corrected chi connectivity index (χ4v) is 3.12. The summed E-state index contributed by atoms with van der Waals surface area (Å²) in [6, 6.07) is 0. The molecule has 1 aliphatic carbocycles. The highest BCUT2D eigenvalue weighted by molar-refractivity contribution is 14.1. The van der Waals surface area contributed by atoms with Gasteiger partial charge in [-0.05, 0) is 40.8 Å². The molecule has 0 atom stereocenters. The fraction of sp³-hybridized carbons (Fsp3) is 0.600. The van der Waals surface area contributed by atoms with E-state index >= 15 is 0 Å². The van der Waals surface area contributed by atoms with E-state index in [1.54, 1.807) is 17.1 Å². The molecule has 5 heteroatoms. The second-order valence-corrected chi connectivity index (χ2v) is 5.88. The lowest BCUT2D eigenvalue weighted by atomic mass is 9.70. The molecule has 0 saturated heterocycles. The first kappa shape index (κ1) is 11.6. The lowest BCUT2D eigenvalue weighted by Crippen LogP contribution is -2.39. The first-order valence-electron chi connectivity index (χ1n) is 4.93. The molecule has 2 rings (SSSR count). The molecule has 1 aliphatic rings. The Hall–Kier alpha value is 0.0900. The number of halogens is 2. The third-order valence-electron chi connectivity index (χ3n) is 3.06. The first-order valence-corrected chi connectivity index (χ1v) is 7.13. The van der Waals surface area contributed by atoms with Crippen molar-refractivity contribution in [2.75, 3.05) is 5.33 Å². The molecule has 82 valence electrons. The van der Waals surface area contributed by atoms with Gasteiger partial charge in [-0.2, -0.15) is 0 Å². The van der Waals surface area contributed by atoms with Crippen LogP contribution in [0, 0.1) is 8.99 Å². The third kappa shape index (κ3) is 2.27. The van der Waals surface area contributed by atoms with E-state index in [4.69, 9.17) is 0 Å². The summed E-state index contributed by atoms with van der Waals surface area (Å²) in [4.78, 5) is 15.9. The van der Waals surface area contributed by atoms with E-state index in [9.17, 15) is 4.79 Å². The summed E-state index contributed by atoms with van der Waals surface area (Å²) in [5.41, 5.74) is 0.369. The summed E-state index contributed by atoms with van der Waals surface area (Å²) in [5, 5.41) is 0.970. The van der Waals surface area contributed by atoms with E-state index in [0.29, 0.717) is 3.57 Å². The maximum Gasteiger partial charge on any atom is 0.266 e. The van der Waals surface area contributed by atoms with Crippen molar-refractivity contribution < 1.29 is 0 Å². The number of nitrogens with zero attached hydrogens (tertiary/aromatic N) is 2. The largest absolute Gasteiger partial charge is 0.298 e. The Kier molecular flexibility index (Phi) is 3.49. The van der Waals surface area contributed by atoms with Crippen LogP contribution in [0.5, 0.6) is 0 Å². The molecule has 1 aromatic rings. The summed E-state index contributed by atoms with van der Waals surface area (Å²) in [6.45, 7) is 0.793. The highest BCUT2D eigenvalue weighted by atomic mass is 127. The molecule has 0 unspecified atom stereocenters. The van der Waals surface area contributed by atoms with Crippen LogP contribution in [-0.2, 0) is 6.54 Å². The van der Waals surface area contributed by atoms with Crippen molar-refractivity contribution >= 4 is 38.5 Å². The molecule has 0 radical (unpaired) electrons. The second-order valence-electron chi connectivity index (χ2n) is 4.16. The van der Waals surface area contributed by atoms with Gasteiger partial charge in [-0.25, -0.2) is 4.98 Å². The lowest BCUT2D eigenvalue weighted by Gasteiger charge is -2.40. The van der Waals surface area contributed by atoms with Crippen LogP contribution in [0.15, 0.2) is 17.3 Å². The van der Waals surface area contributed by atoms with Gasteiger partial charge in [0.2, 0.25) is 0 Å². The molecular weight excluding hydrogens is 371 g/mol. The van der Waals surface area contributed by atoms with Crippen LogP contribution in [0.25, 0.3) is 0 Å². The summed E-state index contributed by atoms with van der Waals surface area (Å²) in [5.74, 6) is 0. The molecular formula is C10H12BrIN2O. The topological polar surface area (TPSA) is 34.9 Å². The van der Waals surface area contributed by atoms with Crippen molar-refractivity contribution in [1.82, 2.24) is 9.55 Å². The molecule has 0 aromatic carbocycles. The van der Waals surface area contributed by atoms with Crippen LogP contribution in [0.3, 0.4) is 0 Å². The van der Waals surface area contributed by atoms with Gasteiger partial charge in [0.05, 0.1) is 9.90 Å². The van der Waals surface area contributed by atoms with Crippen molar-refractivity contribution in [1.29, 1.82) is 0 Å². The second kappa shape index (κ2) is 4.53. The average molecular weight is 383 g/mol. The molecule has 15 heavy (non-hydrogen) atoms. The van der Waals surface area contributed by atoms with E-state index < -0.39 is 0 Å². The Morgan fingerprint density at radius 1 is 1.60 bits per heavy atom. The van der Waals surface area contributed by atoms with Gasteiger partial charge < -0.3 is 0 Å². The predicted molar refractivity (Wildman–Crippen MR) is 71.3 cm³/mol. The number of alkyl halides is 1. The van der Waals surface area contributed by atoms with E-state index in [2.05, 4.69) is 20.9 Å². The minimum atomic E-state index is 0.0813. The maximum atomic E-state index is 11.8. The van der Waals surface area contributed by atoms with Gasteiger partial charge in [0.15, 0.2) is 0 Å². The van der Waals surface area contributed by atoms with E-state index in [1.165, 1.54) is 19.3 Å². The Bertz CT molecular complexity index is 409. The van der Waals surface area contributed by atoms with Crippen molar-refractivity contribution in [3.05, 3.63) is 26.4 Å². The molecule has 0 aliphatic heterocycles. The number of hydrogen-bond acceptors (Lipinski definition) is 2. The molecule has 0 bridgehead atoms. The van der Waals surface area contributed by atoms with Crippen molar-refractivity contribution in [2.45, 2.75) is 25.8 Å². The molecule has 0 spiro atoms. The Labute approximate surface area is 111 Å². The van der Waals surface area contributed by atoms with Gasteiger partial charge in [0, 0.05) is 18.1 Å². The minimum absolute atomic E-state index is 0.0813. The Morgan fingerprint density at radius 2 is 2.33 bits per heavy atom. The van der Waals surface area contributed by atoms with Crippen molar-refractivity contribution in [3.8, 4) is 0 Å². The van der Waals surface area contributed by atoms with Gasteiger partial charge in [-0.15, -0.1) is 0 Å². The monoisotopic (exact) mass is 382 g/mol. The maximum absolute atomic E-state index is 11.8. The van der Waals surface area contributed by atoms with Gasteiger partial charge in [0.25, 0.3) is 5.56 Å². The number of rotatable bonds is 3. The van der Waals surface area contributed by atoms with Crippen LogP contribution < -0.4 is 5.56 Å². The summed E-state index contributed by atoms with van der Waals surface area (Å²) < 4.78 is 2.43. The SMILES string of the molecule is O=c1c(I)cncn1CC1(CBr)CCC1. The molecule has 1 saturated carbocycles. The van der Waals surface area contributed by atoms with Crippen LogP contribution in [0.2, 0.25) is 0 Å². The Balaban J connectivity index is 2.24. The lowest BCUT2D eigenvalue weighted by molar-refractivity contribution is 0.138. The molecule has 0 N–H and O–H groups in total. The minimum Gasteiger partial charge on any atom is -0.298 e. The molecule has 3 nitrogen and oxygen atoms in total. The quantitative estimate of drug-likeness (QED) is 0.594. The fourth-order valence-electron chi connectivity index (χ4n) is 1.91. The predicted octanol–water partition coefficient (Wildman–Crippen LogP) is 2.41. The zero-order chi connectivity index (χ0) is 10.9. The summed E-state index contributed by atoms with van der Waals surface area (Å²) >= 11 is 5.58. The van der Waals surface area contributed by atoms with E-state index in [0.717, 1.165) is 11.9 Å². The standard InChI is InChI=1S/C10H12BrIN2O/c11-5-10(2-1-3-10)6-14-7-13-4-8(12)9(14)15/h4,7H,1-3,5-6H2. The van der Waals surface area contributed by atoms with Crippen LogP contribution in [0.1, 0.15) is 19.3 Å². The average Bonchev–Trinajstić information content (AvgIpc) is 2.18. The zero-order valence-electron chi connectivity index (χ0n) is 8.25. The van der Waals surface area contributed by atoms with E-state index in [1.807, 2.05) is 22.6 Å². The summed E-state index contributed by atoms with van der Waals surface area (Å²) in [7, 11) is 0. The van der Waals surface area contributed by atoms with Crippen molar-refractivity contribution in [3.63, 3.8) is 0 Å². The van der Waals surface area contributed by atoms with Gasteiger partial charge in [-0.1, -0.05) is 22.4 Å². The number of hydrogen-bond donors (Lipinski definition) is 0. The highest BCUT2D eigenvalue weighted by Crippen LogP contribution is 2.43. The zero-order valence-corrected chi connectivity index (χ0v) is 12.0. The van der Waals surface area contributed by atoms with Crippen LogP contribution in [-0.4, -0.2) is 14.9 Å². The molecule has 1 heterocycles. The van der Waals surface area contributed by atoms with Gasteiger partial charge in [0.1, 0.15) is 0 Å². The first-order chi connectivity index (χ1) is 7.17. The van der Waals surface area contributed by atoms with Crippen LogP contribution >= 0.6 is 38.5 Å². The summed E-state index contributed by atoms with van der Waals surface area (Å²) in [6.07, 6.45) is 6.94. The van der Waals surface area contributed by atoms with Crippen molar-refractivity contribution in [2.24, 2.45) is 5.41 Å². The molecule has 1 aromatic heterocycles. The van der Waals surface area contributed by atoms with E-state index in [-0.39, 0.29) is 11.0 Å². The third-order valence-corrected chi connectivity index (χ3v) is 4.99.